The number of halogens is 3. The number of hydrogen-bond acceptors (Lipinski definition) is 3. The largest absolute Gasteiger partial charge is 0.469 e. The summed E-state index contributed by atoms with van der Waals surface area (Å²) in [6.07, 6.45) is -4.03. The quantitative estimate of drug-likeness (QED) is 0.559. The summed E-state index contributed by atoms with van der Waals surface area (Å²) < 4.78 is 46.6. The molecule has 0 saturated carbocycles. The summed E-state index contributed by atoms with van der Waals surface area (Å²) in [7, 11) is 1.29. The third-order valence-electron chi connectivity index (χ3n) is 3.17. The summed E-state index contributed by atoms with van der Waals surface area (Å²) in [5.74, 6) is -0.336. The van der Waals surface area contributed by atoms with Gasteiger partial charge in [-0.15, -0.1) is 0 Å². The Hall–Kier alpha value is -0.780. The van der Waals surface area contributed by atoms with Gasteiger partial charge in [-0.1, -0.05) is 6.92 Å². The zero-order valence-electron chi connectivity index (χ0n) is 10.1. The Kier molecular flexibility index (Phi) is 4.06. The number of carbonyl (C=O) groups excluding carboxylic acids is 1. The van der Waals surface area contributed by atoms with Gasteiger partial charge in [-0.05, 0) is 25.7 Å². The van der Waals surface area contributed by atoms with Crippen LogP contribution in [0.4, 0.5) is 13.2 Å². The van der Waals surface area contributed by atoms with Crippen LogP contribution in [-0.2, 0) is 14.3 Å². The number of rotatable bonds is 5. The van der Waals surface area contributed by atoms with Crippen molar-refractivity contribution in [1.29, 1.82) is 0 Å². The van der Waals surface area contributed by atoms with E-state index in [-0.39, 0.29) is 18.3 Å². The molecule has 0 N–H and O–H groups in total. The highest BCUT2D eigenvalue weighted by Gasteiger charge is 2.69. The van der Waals surface area contributed by atoms with Crippen LogP contribution >= 0.6 is 0 Å². The fraction of sp³-hybridized carbons (Fsp3) is 0.909. The van der Waals surface area contributed by atoms with E-state index in [0.717, 1.165) is 6.92 Å². The minimum atomic E-state index is -4.32. The third-order valence-corrected chi connectivity index (χ3v) is 3.17. The lowest BCUT2D eigenvalue weighted by Crippen LogP contribution is -2.31. The molecule has 17 heavy (non-hydrogen) atoms. The summed E-state index contributed by atoms with van der Waals surface area (Å²) in [4.78, 5) is 10.9. The second-order valence-electron chi connectivity index (χ2n) is 4.67. The third kappa shape index (κ3) is 3.34. The number of hydrogen-bond donors (Lipinski definition) is 0. The van der Waals surface area contributed by atoms with Crippen LogP contribution in [0.2, 0.25) is 0 Å². The highest BCUT2D eigenvalue weighted by atomic mass is 19.4. The maximum atomic E-state index is 12.5. The Morgan fingerprint density at radius 2 is 2.12 bits per heavy atom. The minimum absolute atomic E-state index is 0.00383. The predicted molar refractivity (Wildman–Crippen MR) is 54.4 cm³/mol. The molecule has 0 aromatic carbocycles. The molecule has 0 spiro atoms. The molecule has 1 saturated heterocycles. The Morgan fingerprint density at radius 1 is 1.53 bits per heavy atom. The van der Waals surface area contributed by atoms with Gasteiger partial charge < -0.3 is 9.47 Å². The lowest BCUT2D eigenvalue weighted by Gasteiger charge is -2.12. The van der Waals surface area contributed by atoms with Crippen LogP contribution < -0.4 is 0 Å². The first-order chi connectivity index (χ1) is 7.70. The molecule has 6 heteroatoms. The molecule has 0 amide bonds. The smallest absolute Gasteiger partial charge is 0.419 e. The molecular formula is C11H17F3O3. The molecular weight excluding hydrogens is 237 g/mol. The van der Waals surface area contributed by atoms with Crippen molar-refractivity contribution in [3.05, 3.63) is 0 Å². The second kappa shape index (κ2) is 4.84. The molecule has 1 aliphatic heterocycles. The van der Waals surface area contributed by atoms with E-state index in [2.05, 4.69) is 4.74 Å². The van der Waals surface area contributed by atoms with Crippen LogP contribution in [0.3, 0.4) is 0 Å². The van der Waals surface area contributed by atoms with Crippen molar-refractivity contribution >= 4 is 5.97 Å². The number of esters is 1. The number of methoxy groups -OCH3 is 1. The molecule has 0 radical (unpaired) electrons. The van der Waals surface area contributed by atoms with Crippen molar-refractivity contribution in [2.24, 2.45) is 5.92 Å². The summed E-state index contributed by atoms with van der Waals surface area (Å²) in [5.41, 5.74) is -1.99. The Labute approximate surface area is 98.3 Å². The van der Waals surface area contributed by atoms with E-state index >= 15 is 0 Å². The van der Waals surface area contributed by atoms with Crippen molar-refractivity contribution in [3.8, 4) is 0 Å². The molecule has 1 fully saturated rings. The van der Waals surface area contributed by atoms with Gasteiger partial charge in [-0.3, -0.25) is 4.79 Å². The fourth-order valence-corrected chi connectivity index (χ4v) is 1.75. The van der Waals surface area contributed by atoms with Crippen LogP contribution in [0.1, 0.15) is 33.1 Å². The van der Waals surface area contributed by atoms with Crippen molar-refractivity contribution in [3.63, 3.8) is 0 Å². The van der Waals surface area contributed by atoms with Crippen molar-refractivity contribution < 1.29 is 27.4 Å². The van der Waals surface area contributed by atoms with Gasteiger partial charge in [0.1, 0.15) is 0 Å². The van der Waals surface area contributed by atoms with Gasteiger partial charge in [-0.2, -0.15) is 13.2 Å². The first-order valence-corrected chi connectivity index (χ1v) is 5.52. The Morgan fingerprint density at radius 3 is 2.53 bits per heavy atom. The molecule has 1 unspecified atom stereocenters. The SMILES string of the molecule is COC(=O)CC(C)CC[C@H]1O[C@@]1(C)C(F)(F)F. The zero-order valence-corrected chi connectivity index (χ0v) is 10.1. The minimum Gasteiger partial charge on any atom is -0.469 e. The maximum Gasteiger partial charge on any atom is 0.419 e. The van der Waals surface area contributed by atoms with E-state index in [0.29, 0.717) is 12.8 Å². The average molecular weight is 254 g/mol. The number of epoxide rings is 1. The van der Waals surface area contributed by atoms with Crippen LogP contribution in [0.5, 0.6) is 0 Å². The van der Waals surface area contributed by atoms with E-state index in [9.17, 15) is 18.0 Å². The molecule has 0 aliphatic carbocycles. The maximum absolute atomic E-state index is 12.5. The van der Waals surface area contributed by atoms with Crippen molar-refractivity contribution in [2.75, 3.05) is 7.11 Å². The summed E-state index contributed by atoms with van der Waals surface area (Å²) in [5, 5.41) is 0. The van der Waals surface area contributed by atoms with Crippen molar-refractivity contribution in [1.82, 2.24) is 0 Å². The number of ether oxygens (including phenoxy) is 2. The normalized spacial score (nSPS) is 29.9. The summed E-state index contributed by atoms with van der Waals surface area (Å²) in [6, 6.07) is 0. The van der Waals surface area contributed by atoms with Crippen molar-refractivity contribution in [2.45, 2.75) is 51.0 Å². The molecule has 3 nitrogen and oxygen atoms in total. The van der Waals surface area contributed by atoms with Gasteiger partial charge in [0.05, 0.1) is 13.2 Å². The van der Waals surface area contributed by atoms with Gasteiger partial charge in [0.2, 0.25) is 0 Å². The highest BCUT2D eigenvalue weighted by Crippen LogP contribution is 2.51. The zero-order chi connectivity index (χ0) is 13.3. The Bertz CT molecular complexity index is 290. The van der Waals surface area contributed by atoms with E-state index in [1.165, 1.54) is 7.11 Å². The molecule has 100 valence electrons. The van der Waals surface area contributed by atoms with Crippen LogP contribution in [0.25, 0.3) is 0 Å². The first-order valence-electron chi connectivity index (χ1n) is 5.52. The van der Waals surface area contributed by atoms with E-state index < -0.39 is 17.9 Å². The number of carbonyl (C=O) groups is 1. The standard InChI is InChI=1S/C11H17F3O3/c1-7(6-9(15)16-3)4-5-8-10(2,17-8)11(12,13)14/h7-8H,4-6H2,1-3H3/t7?,8-,10-/m1/s1. The second-order valence-corrected chi connectivity index (χ2v) is 4.67. The fourth-order valence-electron chi connectivity index (χ4n) is 1.75. The molecule has 0 bridgehead atoms. The topological polar surface area (TPSA) is 38.8 Å². The highest BCUT2D eigenvalue weighted by molar-refractivity contribution is 5.69. The van der Waals surface area contributed by atoms with Crippen LogP contribution in [-0.4, -0.2) is 31.0 Å². The van der Waals surface area contributed by atoms with E-state index in [1.54, 1.807) is 0 Å². The van der Waals surface area contributed by atoms with E-state index in [4.69, 9.17) is 4.74 Å². The molecule has 1 rings (SSSR count). The lowest BCUT2D eigenvalue weighted by molar-refractivity contribution is -0.178. The summed E-state index contributed by atoms with van der Waals surface area (Å²) in [6.45, 7) is 2.87. The molecule has 0 aromatic rings. The number of alkyl halides is 3. The van der Waals surface area contributed by atoms with Gasteiger partial charge in [0.15, 0.2) is 5.60 Å². The molecule has 0 aromatic heterocycles. The predicted octanol–water partition coefficient (Wildman–Crippen LogP) is 2.69. The lowest BCUT2D eigenvalue weighted by atomic mass is 9.96. The Balaban J connectivity index is 2.28. The van der Waals surface area contributed by atoms with E-state index in [1.807, 2.05) is 6.92 Å². The van der Waals surface area contributed by atoms with Gasteiger partial charge in [0, 0.05) is 6.42 Å². The van der Waals surface area contributed by atoms with Gasteiger partial charge in [0.25, 0.3) is 0 Å². The first kappa shape index (κ1) is 14.3. The molecule has 1 heterocycles. The monoisotopic (exact) mass is 254 g/mol. The average Bonchev–Trinajstić information content (AvgIpc) is 2.87. The molecule has 1 aliphatic rings. The van der Waals surface area contributed by atoms with Crippen LogP contribution in [0.15, 0.2) is 0 Å². The molecule has 3 atom stereocenters. The van der Waals surface area contributed by atoms with Crippen LogP contribution in [0, 0.1) is 5.92 Å². The van der Waals surface area contributed by atoms with Gasteiger partial charge in [-0.25, -0.2) is 0 Å². The summed E-state index contributed by atoms with van der Waals surface area (Å²) >= 11 is 0. The van der Waals surface area contributed by atoms with Gasteiger partial charge >= 0.3 is 12.1 Å².